The topological polar surface area (TPSA) is 139 Å². The van der Waals surface area contributed by atoms with Crippen molar-refractivity contribution in [3.05, 3.63) is 71.5 Å². The van der Waals surface area contributed by atoms with Gasteiger partial charge < -0.3 is 21.1 Å². The van der Waals surface area contributed by atoms with Gasteiger partial charge in [-0.3, -0.25) is 4.79 Å². The highest BCUT2D eigenvalue weighted by Gasteiger charge is 2.28. The number of carboxylic acid groups (broad SMARTS) is 1. The third-order valence-electron chi connectivity index (χ3n) is 6.60. The number of rotatable bonds is 5. The van der Waals surface area contributed by atoms with Gasteiger partial charge in [-0.1, -0.05) is 42.5 Å². The largest absolute Gasteiger partial charge is 0.465 e. The zero-order chi connectivity index (χ0) is 25.2. The Bertz CT molecular complexity index is 1430. The predicted octanol–water partition coefficient (Wildman–Crippen LogP) is 3.63. The Morgan fingerprint density at radius 1 is 1.14 bits per heavy atom. The van der Waals surface area contributed by atoms with E-state index in [0.717, 1.165) is 29.5 Å². The first-order chi connectivity index (χ1) is 17.4. The molecule has 1 aliphatic rings. The Balaban J connectivity index is 1.40. The molecule has 0 unspecified atom stereocenters. The summed E-state index contributed by atoms with van der Waals surface area (Å²) in [4.78, 5) is 34.1. The molecular weight excluding hydrogens is 458 g/mol. The lowest BCUT2D eigenvalue weighted by Crippen LogP contribution is -2.40. The van der Waals surface area contributed by atoms with Crippen molar-refractivity contribution in [2.45, 2.75) is 32.4 Å². The molecule has 0 spiro atoms. The summed E-state index contributed by atoms with van der Waals surface area (Å²) >= 11 is 0. The SMILES string of the molecule is Cc1ccccc1C(=O)NCc1ccc(-c2nn([C@@H]3CCCN(C(=O)O)C3)c3ncnc(N)c23)cc1. The van der Waals surface area contributed by atoms with E-state index in [9.17, 15) is 14.7 Å². The van der Waals surface area contributed by atoms with E-state index >= 15 is 0 Å². The molecular formula is C26H27N7O3. The highest BCUT2D eigenvalue weighted by Crippen LogP contribution is 2.33. The average Bonchev–Trinajstić information content (AvgIpc) is 3.29. The van der Waals surface area contributed by atoms with Gasteiger partial charge in [-0.05, 0) is 37.0 Å². The smallest absolute Gasteiger partial charge is 0.407 e. The predicted molar refractivity (Wildman–Crippen MR) is 135 cm³/mol. The normalized spacial score (nSPS) is 15.7. The number of carbonyl (C=O) groups is 2. The first-order valence-corrected chi connectivity index (χ1v) is 11.8. The molecule has 1 aliphatic heterocycles. The molecule has 0 bridgehead atoms. The van der Waals surface area contributed by atoms with Crippen molar-refractivity contribution in [1.29, 1.82) is 0 Å². The number of nitrogen functional groups attached to an aromatic ring is 1. The number of likely N-dealkylation sites (tertiary alicyclic amines) is 1. The molecule has 36 heavy (non-hydrogen) atoms. The van der Waals surface area contributed by atoms with E-state index in [2.05, 4.69) is 15.3 Å². The summed E-state index contributed by atoms with van der Waals surface area (Å²) in [5.41, 5.74) is 10.8. The zero-order valence-corrected chi connectivity index (χ0v) is 19.9. The second kappa shape index (κ2) is 9.65. The number of carbonyl (C=O) groups excluding carboxylic acids is 1. The van der Waals surface area contributed by atoms with Gasteiger partial charge in [-0.15, -0.1) is 0 Å². The maximum Gasteiger partial charge on any atom is 0.407 e. The summed E-state index contributed by atoms with van der Waals surface area (Å²) < 4.78 is 1.79. The monoisotopic (exact) mass is 485 g/mol. The van der Waals surface area contributed by atoms with Crippen molar-refractivity contribution in [3.63, 3.8) is 0 Å². The lowest BCUT2D eigenvalue weighted by molar-refractivity contribution is 0.0950. The fourth-order valence-electron chi connectivity index (χ4n) is 4.67. The van der Waals surface area contributed by atoms with Crippen LogP contribution in [0.2, 0.25) is 0 Å². The molecule has 3 heterocycles. The molecule has 1 atom stereocenters. The van der Waals surface area contributed by atoms with Gasteiger partial charge in [-0.2, -0.15) is 5.10 Å². The highest BCUT2D eigenvalue weighted by molar-refractivity contribution is 5.98. The van der Waals surface area contributed by atoms with Gasteiger partial charge in [0.1, 0.15) is 17.8 Å². The molecule has 0 aliphatic carbocycles. The summed E-state index contributed by atoms with van der Waals surface area (Å²) in [6, 6.07) is 15.1. The number of nitrogens with zero attached hydrogens (tertiary/aromatic N) is 5. The summed E-state index contributed by atoms with van der Waals surface area (Å²) in [6.45, 7) is 3.15. The van der Waals surface area contributed by atoms with Crippen LogP contribution in [0.4, 0.5) is 10.6 Å². The molecule has 184 valence electrons. The van der Waals surface area contributed by atoms with Crippen molar-refractivity contribution in [2.75, 3.05) is 18.8 Å². The summed E-state index contributed by atoms with van der Waals surface area (Å²) in [5, 5.41) is 17.9. The number of hydrogen-bond acceptors (Lipinski definition) is 6. The minimum absolute atomic E-state index is 0.116. The quantitative estimate of drug-likeness (QED) is 0.392. The van der Waals surface area contributed by atoms with Crippen LogP contribution in [0.3, 0.4) is 0 Å². The van der Waals surface area contributed by atoms with Crippen molar-refractivity contribution in [2.24, 2.45) is 0 Å². The molecule has 2 aromatic heterocycles. The van der Waals surface area contributed by atoms with E-state index < -0.39 is 6.09 Å². The van der Waals surface area contributed by atoms with Gasteiger partial charge in [0, 0.05) is 30.8 Å². The van der Waals surface area contributed by atoms with E-state index in [1.54, 1.807) is 4.68 Å². The molecule has 5 rings (SSSR count). The molecule has 1 fully saturated rings. The van der Waals surface area contributed by atoms with Crippen LogP contribution in [0, 0.1) is 6.92 Å². The van der Waals surface area contributed by atoms with Gasteiger partial charge in [-0.25, -0.2) is 19.4 Å². The molecule has 4 N–H and O–H groups in total. The maximum atomic E-state index is 12.5. The standard InChI is InChI=1S/C26H27N7O3/c1-16-5-2-3-7-20(16)25(34)28-13-17-8-10-18(11-9-17)22-21-23(27)29-15-30-24(21)33(31-22)19-6-4-12-32(14-19)26(35)36/h2-3,5,7-11,15,19H,4,6,12-14H2,1H3,(H,28,34)(H,35,36)(H2,27,29,30)/t19-/m1/s1. The third kappa shape index (κ3) is 4.45. The minimum atomic E-state index is -0.935. The molecule has 10 heteroatoms. The van der Waals surface area contributed by atoms with E-state index in [0.29, 0.717) is 47.7 Å². The number of amides is 2. The number of anilines is 1. The molecule has 4 aromatic rings. The number of nitrogens with two attached hydrogens (primary N) is 1. The number of aryl methyl sites for hydroxylation is 1. The minimum Gasteiger partial charge on any atom is -0.465 e. The van der Waals surface area contributed by atoms with Crippen LogP contribution < -0.4 is 11.1 Å². The van der Waals surface area contributed by atoms with Crippen LogP contribution in [-0.4, -0.2) is 54.8 Å². The maximum absolute atomic E-state index is 12.5. The number of piperidine rings is 1. The lowest BCUT2D eigenvalue weighted by Gasteiger charge is -2.30. The van der Waals surface area contributed by atoms with Crippen LogP contribution in [-0.2, 0) is 6.54 Å². The van der Waals surface area contributed by atoms with Crippen LogP contribution in [0.25, 0.3) is 22.3 Å². The molecule has 0 radical (unpaired) electrons. The summed E-state index contributed by atoms with van der Waals surface area (Å²) in [5.74, 6) is 0.205. The number of benzene rings is 2. The molecule has 1 saturated heterocycles. The van der Waals surface area contributed by atoms with E-state index in [1.807, 2.05) is 55.5 Å². The average molecular weight is 486 g/mol. The molecule has 10 nitrogen and oxygen atoms in total. The van der Waals surface area contributed by atoms with Crippen molar-refractivity contribution in [3.8, 4) is 11.3 Å². The molecule has 2 amide bonds. The highest BCUT2D eigenvalue weighted by atomic mass is 16.4. The van der Waals surface area contributed by atoms with E-state index in [4.69, 9.17) is 10.8 Å². The van der Waals surface area contributed by atoms with Crippen LogP contribution in [0.5, 0.6) is 0 Å². The van der Waals surface area contributed by atoms with Crippen molar-refractivity contribution in [1.82, 2.24) is 30.0 Å². The third-order valence-corrected chi connectivity index (χ3v) is 6.60. The Hall–Kier alpha value is -4.47. The van der Waals surface area contributed by atoms with Crippen molar-refractivity contribution < 1.29 is 14.7 Å². The second-order valence-corrected chi connectivity index (χ2v) is 8.97. The number of hydrogen-bond donors (Lipinski definition) is 3. The fraction of sp³-hybridized carbons (Fsp3) is 0.269. The van der Waals surface area contributed by atoms with E-state index in [1.165, 1.54) is 11.2 Å². The molecule has 2 aromatic carbocycles. The van der Waals surface area contributed by atoms with Crippen LogP contribution in [0.1, 0.15) is 40.4 Å². The summed E-state index contributed by atoms with van der Waals surface area (Å²) in [6.07, 6.45) is 2.01. The lowest BCUT2D eigenvalue weighted by atomic mass is 10.1. The Labute approximate surface area is 207 Å². The molecule has 0 saturated carbocycles. The van der Waals surface area contributed by atoms with Crippen LogP contribution in [0.15, 0.2) is 54.9 Å². The summed E-state index contributed by atoms with van der Waals surface area (Å²) in [7, 11) is 0. The van der Waals surface area contributed by atoms with Gasteiger partial charge in [0.05, 0.1) is 11.4 Å². The number of nitrogens with one attached hydrogen (secondary N) is 1. The Morgan fingerprint density at radius 2 is 1.92 bits per heavy atom. The number of aromatic nitrogens is 4. The Morgan fingerprint density at radius 3 is 2.67 bits per heavy atom. The van der Waals surface area contributed by atoms with Gasteiger partial charge in [0.15, 0.2) is 5.65 Å². The first kappa shape index (κ1) is 23.3. The van der Waals surface area contributed by atoms with Gasteiger partial charge in [0.25, 0.3) is 5.91 Å². The second-order valence-electron chi connectivity index (χ2n) is 8.97. The Kier molecular flexibility index (Phi) is 6.24. The van der Waals surface area contributed by atoms with Gasteiger partial charge >= 0.3 is 6.09 Å². The van der Waals surface area contributed by atoms with E-state index in [-0.39, 0.29) is 11.9 Å². The van der Waals surface area contributed by atoms with Gasteiger partial charge in [0.2, 0.25) is 0 Å². The number of fused-ring (bicyclic) bond motifs is 1. The first-order valence-electron chi connectivity index (χ1n) is 11.8. The van der Waals surface area contributed by atoms with Crippen LogP contribution >= 0.6 is 0 Å². The van der Waals surface area contributed by atoms with Crippen molar-refractivity contribution >= 4 is 28.9 Å². The zero-order valence-electron chi connectivity index (χ0n) is 19.9. The fourth-order valence-corrected chi connectivity index (χ4v) is 4.67.